The summed E-state index contributed by atoms with van der Waals surface area (Å²) in [5, 5.41) is 10.1. The zero-order valence-electron chi connectivity index (χ0n) is 14.7. The van der Waals surface area contributed by atoms with Gasteiger partial charge in [-0.25, -0.2) is 0 Å². The first-order valence-electron chi connectivity index (χ1n) is 9.25. The molecule has 1 aromatic heterocycles. The number of phenols is 1. The van der Waals surface area contributed by atoms with Crippen molar-refractivity contribution in [3.63, 3.8) is 0 Å². The molecule has 0 radical (unpaired) electrons. The summed E-state index contributed by atoms with van der Waals surface area (Å²) in [6.45, 7) is 6.75. The van der Waals surface area contributed by atoms with Gasteiger partial charge >= 0.3 is 0 Å². The van der Waals surface area contributed by atoms with Gasteiger partial charge in [0.05, 0.1) is 12.5 Å². The maximum Gasteiger partial charge on any atom is 0.115 e. The molecule has 128 valence electrons. The number of hydrogen-bond acceptors (Lipinski definition) is 3. The van der Waals surface area contributed by atoms with Crippen LogP contribution in [0, 0.1) is 5.92 Å². The van der Waals surface area contributed by atoms with Crippen LogP contribution in [0.1, 0.15) is 49.8 Å². The third kappa shape index (κ3) is 2.29. The Balaban J connectivity index is 1.74. The van der Waals surface area contributed by atoms with Crippen LogP contribution >= 0.6 is 0 Å². The minimum absolute atomic E-state index is 0.221. The molecule has 1 unspecified atom stereocenters. The molecule has 4 rings (SSSR count). The van der Waals surface area contributed by atoms with E-state index >= 15 is 0 Å². The van der Waals surface area contributed by atoms with E-state index < -0.39 is 0 Å². The molecule has 24 heavy (non-hydrogen) atoms. The third-order valence-electron chi connectivity index (χ3n) is 6.58. The smallest absolute Gasteiger partial charge is 0.115 e. The lowest BCUT2D eigenvalue weighted by atomic mass is 9.55. The van der Waals surface area contributed by atoms with Crippen molar-refractivity contribution < 1.29 is 9.52 Å². The Kier molecular flexibility index (Phi) is 3.92. The van der Waals surface area contributed by atoms with Crippen LogP contribution in [0.4, 0.5) is 0 Å². The SMILES string of the molecule is CC[C@H]1[C@H]2Cc3ccc(O)cc3C1(CC)CCN2Cc1ccoc1. The fourth-order valence-corrected chi connectivity index (χ4v) is 5.46. The van der Waals surface area contributed by atoms with Crippen molar-refractivity contribution in [2.24, 2.45) is 5.92 Å². The minimum atomic E-state index is 0.221. The molecular weight excluding hydrogens is 298 g/mol. The van der Waals surface area contributed by atoms with Gasteiger partial charge in [-0.1, -0.05) is 26.3 Å². The highest BCUT2D eigenvalue weighted by Crippen LogP contribution is 2.52. The second kappa shape index (κ2) is 5.96. The summed E-state index contributed by atoms with van der Waals surface area (Å²) in [7, 11) is 0. The number of aromatic hydroxyl groups is 1. The molecule has 0 amide bonds. The number of phenolic OH excluding ortho intramolecular Hbond substituents is 1. The van der Waals surface area contributed by atoms with Crippen molar-refractivity contribution in [3.8, 4) is 5.75 Å². The molecule has 1 aromatic carbocycles. The highest BCUT2D eigenvalue weighted by atomic mass is 16.3. The molecule has 1 aliphatic carbocycles. The molecule has 2 aromatic rings. The largest absolute Gasteiger partial charge is 0.508 e. The van der Waals surface area contributed by atoms with Gasteiger partial charge in [0.15, 0.2) is 0 Å². The molecule has 1 N–H and O–H groups in total. The monoisotopic (exact) mass is 325 g/mol. The Morgan fingerprint density at radius 3 is 2.88 bits per heavy atom. The topological polar surface area (TPSA) is 36.6 Å². The quantitative estimate of drug-likeness (QED) is 0.900. The lowest BCUT2D eigenvalue weighted by molar-refractivity contribution is 0.00411. The van der Waals surface area contributed by atoms with Crippen molar-refractivity contribution in [3.05, 3.63) is 53.5 Å². The van der Waals surface area contributed by atoms with Crippen LogP contribution in [0.25, 0.3) is 0 Å². The second-order valence-electron chi connectivity index (χ2n) is 7.49. The highest BCUT2D eigenvalue weighted by Gasteiger charge is 2.51. The molecule has 0 spiro atoms. The molecule has 1 fully saturated rings. The number of fused-ring (bicyclic) bond motifs is 4. The summed E-state index contributed by atoms with van der Waals surface area (Å²) < 4.78 is 5.27. The Morgan fingerprint density at radius 2 is 2.17 bits per heavy atom. The Labute approximate surface area is 144 Å². The van der Waals surface area contributed by atoms with Gasteiger partial charge in [0.2, 0.25) is 0 Å². The number of furan rings is 1. The van der Waals surface area contributed by atoms with E-state index in [1.807, 2.05) is 18.4 Å². The molecule has 2 heterocycles. The van der Waals surface area contributed by atoms with E-state index in [0.29, 0.717) is 17.7 Å². The number of piperidine rings is 1. The lowest BCUT2D eigenvalue weighted by Gasteiger charge is -2.57. The zero-order valence-corrected chi connectivity index (χ0v) is 14.7. The summed E-state index contributed by atoms with van der Waals surface area (Å²) in [6.07, 6.45) is 8.25. The summed E-state index contributed by atoms with van der Waals surface area (Å²) in [6, 6.07) is 8.71. The van der Waals surface area contributed by atoms with E-state index in [4.69, 9.17) is 4.42 Å². The molecule has 1 aliphatic heterocycles. The predicted molar refractivity (Wildman–Crippen MR) is 95.1 cm³/mol. The fraction of sp³-hybridized carbons (Fsp3) is 0.524. The maximum atomic E-state index is 10.1. The lowest BCUT2D eigenvalue weighted by Crippen LogP contribution is -2.59. The number of hydrogen-bond donors (Lipinski definition) is 1. The molecular formula is C21H27NO2. The van der Waals surface area contributed by atoms with E-state index in [9.17, 15) is 5.11 Å². The van der Waals surface area contributed by atoms with Crippen molar-refractivity contribution in [2.45, 2.75) is 57.5 Å². The van der Waals surface area contributed by atoms with E-state index in [0.717, 1.165) is 25.9 Å². The number of nitrogens with zero attached hydrogens (tertiary/aromatic N) is 1. The average molecular weight is 325 g/mol. The van der Waals surface area contributed by atoms with Gasteiger partial charge in [0.25, 0.3) is 0 Å². The van der Waals surface area contributed by atoms with E-state index in [1.54, 1.807) is 6.26 Å². The third-order valence-corrected chi connectivity index (χ3v) is 6.58. The second-order valence-corrected chi connectivity index (χ2v) is 7.49. The first-order chi connectivity index (χ1) is 11.7. The first kappa shape index (κ1) is 15.8. The van der Waals surface area contributed by atoms with Crippen molar-refractivity contribution in [1.29, 1.82) is 0 Å². The van der Waals surface area contributed by atoms with Crippen molar-refractivity contribution >= 4 is 0 Å². The number of likely N-dealkylation sites (tertiary alicyclic amines) is 1. The van der Waals surface area contributed by atoms with Crippen LogP contribution in [-0.2, 0) is 18.4 Å². The summed E-state index contributed by atoms with van der Waals surface area (Å²) in [5.41, 5.74) is 4.33. The summed E-state index contributed by atoms with van der Waals surface area (Å²) in [4.78, 5) is 2.66. The number of benzene rings is 1. The van der Waals surface area contributed by atoms with E-state index in [-0.39, 0.29) is 5.41 Å². The highest BCUT2D eigenvalue weighted by molar-refractivity contribution is 5.44. The van der Waals surface area contributed by atoms with Crippen LogP contribution in [-0.4, -0.2) is 22.6 Å². The molecule has 3 heteroatoms. The van der Waals surface area contributed by atoms with Gasteiger partial charge in [-0.3, -0.25) is 4.90 Å². The molecule has 1 saturated heterocycles. The van der Waals surface area contributed by atoms with E-state index in [1.165, 1.54) is 29.5 Å². The van der Waals surface area contributed by atoms with Gasteiger partial charge in [0, 0.05) is 23.6 Å². The van der Waals surface area contributed by atoms with Gasteiger partial charge < -0.3 is 9.52 Å². The van der Waals surface area contributed by atoms with Crippen LogP contribution in [0.3, 0.4) is 0 Å². The Bertz CT molecular complexity index is 709. The van der Waals surface area contributed by atoms with E-state index in [2.05, 4.69) is 30.9 Å². The van der Waals surface area contributed by atoms with Crippen LogP contribution in [0.2, 0.25) is 0 Å². The van der Waals surface area contributed by atoms with Crippen molar-refractivity contribution in [2.75, 3.05) is 6.54 Å². The first-order valence-corrected chi connectivity index (χ1v) is 9.25. The Morgan fingerprint density at radius 1 is 1.29 bits per heavy atom. The Hall–Kier alpha value is -1.74. The standard InChI is InChI=1S/C21H27NO2/c1-3-18-20-11-16-5-6-17(23)12-19(16)21(18,4-2)8-9-22(20)13-15-7-10-24-14-15/h5-7,10,12,14,18,20,23H,3-4,8-9,11,13H2,1-2H3/t18-,20+,21?/m0/s1. The average Bonchev–Trinajstić information content (AvgIpc) is 3.10. The van der Waals surface area contributed by atoms with Crippen LogP contribution in [0.15, 0.2) is 41.2 Å². The van der Waals surface area contributed by atoms with Crippen molar-refractivity contribution in [1.82, 2.24) is 4.90 Å². The molecule has 3 atom stereocenters. The molecule has 2 bridgehead atoms. The molecule has 3 nitrogen and oxygen atoms in total. The zero-order chi connectivity index (χ0) is 16.7. The van der Waals surface area contributed by atoms with Gasteiger partial charge in [0.1, 0.15) is 5.75 Å². The van der Waals surface area contributed by atoms with Crippen LogP contribution < -0.4 is 0 Å². The normalized spacial score (nSPS) is 29.4. The van der Waals surface area contributed by atoms with Gasteiger partial charge in [-0.05, 0) is 61.1 Å². The van der Waals surface area contributed by atoms with Gasteiger partial charge in [-0.2, -0.15) is 0 Å². The molecule has 0 saturated carbocycles. The number of rotatable bonds is 4. The predicted octanol–water partition coefficient (Wildman–Crippen LogP) is 4.49. The maximum absolute atomic E-state index is 10.1. The minimum Gasteiger partial charge on any atom is -0.508 e. The molecule has 2 aliphatic rings. The summed E-state index contributed by atoms with van der Waals surface area (Å²) in [5.74, 6) is 1.06. The van der Waals surface area contributed by atoms with Gasteiger partial charge in [-0.15, -0.1) is 0 Å². The fourth-order valence-electron chi connectivity index (χ4n) is 5.46. The summed E-state index contributed by atoms with van der Waals surface area (Å²) >= 11 is 0. The van der Waals surface area contributed by atoms with Crippen LogP contribution in [0.5, 0.6) is 5.75 Å².